The maximum atomic E-state index is 10.9. The molecule has 58 valence electrons. The zero-order chi connectivity index (χ0) is 7.90. The Kier molecular flexibility index (Phi) is 1.19. The lowest BCUT2D eigenvalue weighted by Gasteiger charge is -2.04. The Labute approximate surface area is 64.3 Å². The molecule has 1 fully saturated rings. The first kappa shape index (κ1) is 6.65. The second kappa shape index (κ2) is 1.97. The summed E-state index contributed by atoms with van der Waals surface area (Å²) >= 11 is 0. The fourth-order valence-electron chi connectivity index (χ4n) is 0.656. The van der Waals surface area contributed by atoms with Crippen molar-refractivity contribution in [1.82, 2.24) is 0 Å². The molecule has 0 N–H and O–H groups in total. The van der Waals surface area contributed by atoms with Crippen molar-refractivity contribution in [2.45, 2.75) is 12.5 Å². The van der Waals surface area contributed by atoms with Gasteiger partial charge in [-0.15, -0.1) is 5.73 Å². The minimum absolute atomic E-state index is 0.203. The van der Waals surface area contributed by atoms with Gasteiger partial charge >= 0.3 is 5.97 Å². The van der Waals surface area contributed by atoms with Gasteiger partial charge in [-0.3, -0.25) is 0 Å². The van der Waals surface area contributed by atoms with Gasteiger partial charge in [0.2, 0.25) is 0 Å². The van der Waals surface area contributed by atoms with Crippen LogP contribution in [0.25, 0.3) is 0 Å². The molecular weight excluding hydrogens is 144 g/mol. The SMILES string of the molecule is CC1(COC(=O)C2=C=C2)CO1. The van der Waals surface area contributed by atoms with Gasteiger partial charge in [0.05, 0.1) is 6.61 Å². The first-order valence-electron chi connectivity index (χ1n) is 3.47. The van der Waals surface area contributed by atoms with Crippen LogP contribution in [-0.2, 0) is 14.3 Å². The lowest BCUT2D eigenvalue weighted by Crippen LogP contribution is -2.17. The van der Waals surface area contributed by atoms with Crippen LogP contribution < -0.4 is 0 Å². The molecule has 11 heavy (non-hydrogen) atoms. The van der Waals surface area contributed by atoms with Crippen LogP contribution in [0.2, 0.25) is 0 Å². The van der Waals surface area contributed by atoms with Gasteiger partial charge in [0, 0.05) is 6.08 Å². The van der Waals surface area contributed by atoms with E-state index < -0.39 is 0 Å². The third-order valence-electron chi connectivity index (χ3n) is 1.65. The van der Waals surface area contributed by atoms with Crippen LogP contribution in [0.4, 0.5) is 0 Å². The Hall–Kier alpha value is -1.05. The van der Waals surface area contributed by atoms with E-state index in [4.69, 9.17) is 9.47 Å². The van der Waals surface area contributed by atoms with Crippen LogP contribution in [0.1, 0.15) is 6.92 Å². The van der Waals surface area contributed by atoms with Gasteiger partial charge in [0.25, 0.3) is 0 Å². The molecule has 1 atom stereocenters. The van der Waals surface area contributed by atoms with E-state index in [0.29, 0.717) is 18.8 Å². The van der Waals surface area contributed by atoms with E-state index in [1.165, 1.54) is 0 Å². The first-order chi connectivity index (χ1) is 5.20. The highest BCUT2D eigenvalue weighted by Gasteiger charge is 2.41. The van der Waals surface area contributed by atoms with Crippen molar-refractivity contribution in [1.29, 1.82) is 0 Å². The molecular formula is C8H8O3. The monoisotopic (exact) mass is 152 g/mol. The van der Waals surface area contributed by atoms with Crippen molar-refractivity contribution < 1.29 is 14.3 Å². The number of carbonyl (C=O) groups excluding carboxylic acids is 1. The average Bonchev–Trinajstić information content (AvgIpc) is 2.76. The lowest BCUT2D eigenvalue weighted by atomic mass is 10.2. The molecule has 0 amide bonds. The number of rotatable bonds is 3. The molecule has 0 aromatic heterocycles. The second-order valence-electron chi connectivity index (χ2n) is 3.02. The van der Waals surface area contributed by atoms with Crippen molar-refractivity contribution in [3.63, 3.8) is 0 Å². The van der Waals surface area contributed by atoms with Crippen molar-refractivity contribution in [2.24, 2.45) is 0 Å². The van der Waals surface area contributed by atoms with Gasteiger partial charge in [-0.25, -0.2) is 4.79 Å². The minimum Gasteiger partial charge on any atom is -0.458 e. The molecule has 0 saturated carbocycles. The minimum atomic E-state index is -0.290. The van der Waals surface area contributed by atoms with Crippen molar-refractivity contribution in [3.05, 3.63) is 17.4 Å². The van der Waals surface area contributed by atoms with Crippen molar-refractivity contribution in [3.8, 4) is 0 Å². The summed E-state index contributed by atoms with van der Waals surface area (Å²) in [6.45, 7) is 2.95. The molecule has 3 nitrogen and oxygen atoms in total. The Morgan fingerprint density at radius 2 is 2.64 bits per heavy atom. The maximum absolute atomic E-state index is 10.9. The van der Waals surface area contributed by atoms with E-state index >= 15 is 0 Å². The van der Waals surface area contributed by atoms with Gasteiger partial charge < -0.3 is 9.47 Å². The van der Waals surface area contributed by atoms with Crippen LogP contribution >= 0.6 is 0 Å². The summed E-state index contributed by atoms with van der Waals surface area (Å²) in [7, 11) is 0. The Balaban J connectivity index is 1.73. The van der Waals surface area contributed by atoms with Gasteiger partial charge in [-0.2, -0.15) is 0 Å². The molecule has 2 aliphatic rings. The number of hydrogen-bond acceptors (Lipinski definition) is 3. The first-order valence-corrected chi connectivity index (χ1v) is 3.47. The predicted octanol–water partition coefficient (Wildman–Crippen LogP) is 0.414. The fraction of sp³-hybridized carbons (Fsp3) is 0.500. The molecule has 1 heterocycles. The van der Waals surface area contributed by atoms with Gasteiger partial charge in [-0.1, -0.05) is 0 Å². The molecule has 1 saturated heterocycles. The highest BCUT2D eigenvalue weighted by atomic mass is 16.6. The number of hydrogen-bond donors (Lipinski definition) is 0. The zero-order valence-corrected chi connectivity index (χ0v) is 6.22. The molecule has 0 aromatic rings. The van der Waals surface area contributed by atoms with E-state index in [-0.39, 0.29) is 11.6 Å². The molecule has 1 unspecified atom stereocenters. The Bertz CT molecular complexity index is 267. The van der Waals surface area contributed by atoms with Crippen molar-refractivity contribution in [2.75, 3.05) is 13.2 Å². The van der Waals surface area contributed by atoms with Crippen LogP contribution in [0.15, 0.2) is 17.4 Å². The summed E-state index contributed by atoms with van der Waals surface area (Å²) in [5.74, 6) is -0.290. The number of esters is 1. The normalized spacial score (nSPS) is 31.2. The zero-order valence-electron chi connectivity index (χ0n) is 6.22. The van der Waals surface area contributed by atoms with Crippen LogP contribution in [0.5, 0.6) is 0 Å². The van der Waals surface area contributed by atoms with Crippen LogP contribution in [-0.4, -0.2) is 24.8 Å². The number of carbonyl (C=O) groups is 1. The predicted molar refractivity (Wildman–Crippen MR) is 36.9 cm³/mol. The van der Waals surface area contributed by atoms with E-state index in [9.17, 15) is 4.79 Å². The summed E-state index contributed by atoms with van der Waals surface area (Å²) < 4.78 is 9.93. The highest BCUT2D eigenvalue weighted by molar-refractivity contribution is 5.95. The molecule has 1 aliphatic heterocycles. The molecule has 0 aromatic carbocycles. The van der Waals surface area contributed by atoms with Gasteiger partial charge in [0.1, 0.15) is 17.8 Å². The molecule has 3 heteroatoms. The molecule has 2 rings (SSSR count). The van der Waals surface area contributed by atoms with E-state index in [2.05, 4.69) is 5.73 Å². The topological polar surface area (TPSA) is 38.8 Å². The second-order valence-corrected chi connectivity index (χ2v) is 3.02. The maximum Gasteiger partial charge on any atom is 0.346 e. The number of epoxide rings is 1. The van der Waals surface area contributed by atoms with Gasteiger partial charge in [0.15, 0.2) is 0 Å². The molecule has 0 radical (unpaired) electrons. The van der Waals surface area contributed by atoms with E-state index in [0.717, 1.165) is 0 Å². The fourth-order valence-corrected chi connectivity index (χ4v) is 0.656. The van der Waals surface area contributed by atoms with E-state index in [1.807, 2.05) is 6.92 Å². The van der Waals surface area contributed by atoms with Crippen molar-refractivity contribution >= 4 is 5.97 Å². The van der Waals surface area contributed by atoms with Crippen LogP contribution in [0, 0.1) is 0 Å². The van der Waals surface area contributed by atoms with E-state index in [1.54, 1.807) is 6.08 Å². The summed E-state index contributed by atoms with van der Waals surface area (Å²) in [6, 6.07) is 0. The Morgan fingerprint density at radius 1 is 2.00 bits per heavy atom. The Morgan fingerprint density at radius 3 is 3.09 bits per heavy atom. The summed E-state index contributed by atoms with van der Waals surface area (Å²) in [4.78, 5) is 10.9. The third-order valence-corrected chi connectivity index (χ3v) is 1.65. The summed E-state index contributed by atoms with van der Waals surface area (Å²) in [5.41, 5.74) is 3.01. The van der Waals surface area contributed by atoms with Gasteiger partial charge in [-0.05, 0) is 6.92 Å². The average molecular weight is 152 g/mol. The smallest absolute Gasteiger partial charge is 0.346 e. The summed E-state index contributed by atoms with van der Waals surface area (Å²) in [5, 5.41) is 0. The molecule has 0 spiro atoms. The third kappa shape index (κ3) is 1.50. The quantitative estimate of drug-likeness (QED) is 0.334. The van der Waals surface area contributed by atoms with Crippen LogP contribution in [0.3, 0.4) is 0 Å². The number of ether oxygens (including phenoxy) is 2. The largest absolute Gasteiger partial charge is 0.458 e. The highest BCUT2D eigenvalue weighted by Crippen LogP contribution is 2.26. The lowest BCUT2D eigenvalue weighted by molar-refractivity contribution is -0.139. The molecule has 1 aliphatic carbocycles. The standard InChI is InChI=1S/C8H8O3/c1-8(5-11-8)4-10-7(9)6-2-3-6/h2H,4-5H2,1H3. The summed E-state index contributed by atoms with van der Waals surface area (Å²) in [6.07, 6.45) is 1.61. The molecule has 0 bridgehead atoms.